The highest BCUT2D eigenvalue weighted by atomic mass is 15.1. The molecule has 3 rings (SSSR count). The van der Waals surface area contributed by atoms with Crippen LogP contribution < -0.4 is 5.32 Å². The summed E-state index contributed by atoms with van der Waals surface area (Å²) >= 11 is 0. The van der Waals surface area contributed by atoms with E-state index >= 15 is 0 Å². The molecule has 1 saturated heterocycles. The smallest absolute Gasteiger partial charge is 0.0950 e. The van der Waals surface area contributed by atoms with E-state index in [1.807, 2.05) is 0 Å². The van der Waals surface area contributed by atoms with Crippen LogP contribution in [0.4, 0.5) is 0 Å². The lowest BCUT2D eigenvalue weighted by Crippen LogP contribution is -2.41. The maximum absolute atomic E-state index is 4.37. The second-order valence-electron chi connectivity index (χ2n) is 5.23. The minimum Gasteiger partial charge on any atom is -0.331 e. The Kier molecular flexibility index (Phi) is 2.96. The van der Waals surface area contributed by atoms with Gasteiger partial charge in [0.05, 0.1) is 6.33 Å². The minimum atomic E-state index is 0.714. The molecule has 2 aliphatic rings. The number of nitrogens with one attached hydrogen (secondary N) is 1. The van der Waals surface area contributed by atoms with Crippen LogP contribution in [0.15, 0.2) is 12.5 Å². The van der Waals surface area contributed by atoms with Crippen LogP contribution in [-0.2, 0) is 0 Å². The van der Waals surface area contributed by atoms with Crippen LogP contribution >= 0.6 is 0 Å². The Balaban J connectivity index is 1.78. The van der Waals surface area contributed by atoms with Gasteiger partial charge >= 0.3 is 0 Å². The third kappa shape index (κ3) is 1.88. The normalized spacial score (nSPS) is 24.0. The molecule has 88 valence electrons. The van der Waals surface area contributed by atoms with Crippen LogP contribution in [0.3, 0.4) is 0 Å². The molecule has 0 radical (unpaired) electrons. The maximum Gasteiger partial charge on any atom is 0.0950 e. The van der Waals surface area contributed by atoms with Gasteiger partial charge in [0.15, 0.2) is 0 Å². The highest BCUT2D eigenvalue weighted by molar-refractivity contribution is 5.12. The summed E-state index contributed by atoms with van der Waals surface area (Å²) in [4.78, 5) is 4.37. The van der Waals surface area contributed by atoms with Gasteiger partial charge in [0, 0.05) is 36.9 Å². The van der Waals surface area contributed by atoms with E-state index in [1.165, 1.54) is 44.2 Å². The van der Waals surface area contributed by atoms with E-state index < -0.39 is 0 Å². The molecule has 0 amide bonds. The molecule has 0 bridgehead atoms. The second-order valence-corrected chi connectivity index (χ2v) is 5.23. The Hall–Kier alpha value is -0.830. The van der Waals surface area contributed by atoms with Crippen molar-refractivity contribution in [2.45, 2.75) is 50.5 Å². The van der Waals surface area contributed by atoms with Gasteiger partial charge in [-0.25, -0.2) is 4.98 Å². The largest absolute Gasteiger partial charge is 0.331 e. The van der Waals surface area contributed by atoms with Gasteiger partial charge in [-0.1, -0.05) is 25.7 Å². The molecule has 0 atom stereocenters. The first-order chi connectivity index (χ1) is 7.95. The molecule has 1 saturated carbocycles. The summed E-state index contributed by atoms with van der Waals surface area (Å²) in [6, 6.07) is 0.723. The first-order valence-electron chi connectivity index (χ1n) is 6.67. The molecular weight excluding hydrogens is 198 g/mol. The Labute approximate surface area is 97.3 Å². The van der Waals surface area contributed by atoms with Gasteiger partial charge < -0.3 is 9.88 Å². The van der Waals surface area contributed by atoms with Crippen molar-refractivity contribution in [3.8, 4) is 0 Å². The molecule has 1 N–H and O–H groups in total. The summed E-state index contributed by atoms with van der Waals surface area (Å²) in [5, 5.41) is 3.35. The van der Waals surface area contributed by atoms with E-state index in [1.54, 1.807) is 0 Å². The zero-order valence-electron chi connectivity index (χ0n) is 9.86. The van der Waals surface area contributed by atoms with Crippen molar-refractivity contribution in [2.24, 2.45) is 0 Å². The Bertz CT molecular complexity index is 333. The van der Waals surface area contributed by atoms with Gasteiger partial charge in [0.2, 0.25) is 0 Å². The highest BCUT2D eigenvalue weighted by Gasteiger charge is 2.25. The van der Waals surface area contributed by atoms with Gasteiger partial charge in [-0.15, -0.1) is 0 Å². The fourth-order valence-corrected chi connectivity index (χ4v) is 2.97. The maximum atomic E-state index is 4.37. The van der Waals surface area contributed by atoms with E-state index in [-0.39, 0.29) is 0 Å². The summed E-state index contributed by atoms with van der Waals surface area (Å²) in [6.07, 6.45) is 12.5. The zero-order valence-corrected chi connectivity index (χ0v) is 9.86. The summed E-state index contributed by atoms with van der Waals surface area (Å²) in [5.41, 5.74) is 1.46. The molecule has 1 aromatic rings. The molecule has 0 unspecified atom stereocenters. The van der Waals surface area contributed by atoms with Crippen molar-refractivity contribution < 1.29 is 0 Å². The summed E-state index contributed by atoms with van der Waals surface area (Å²) < 4.78 is 2.47. The van der Waals surface area contributed by atoms with Gasteiger partial charge in [0.25, 0.3) is 0 Å². The second kappa shape index (κ2) is 4.58. The molecule has 1 aliphatic carbocycles. The average Bonchev–Trinajstić information content (AvgIpc) is 2.52. The highest BCUT2D eigenvalue weighted by Crippen LogP contribution is 2.30. The van der Waals surface area contributed by atoms with Crippen molar-refractivity contribution in [3.05, 3.63) is 18.2 Å². The number of hydrogen-bond donors (Lipinski definition) is 1. The molecule has 16 heavy (non-hydrogen) atoms. The third-order valence-corrected chi connectivity index (χ3v) is 4.11. The average molecular weight is 219 g/mol. The van der Waals surface area contributed by atoms with Gasteiger partial charge in [-0.05, 0) is 12.8 Å². The summed E-state index contributed by atoms with van der Waals surface area (Å²) in [5.74, 6) is 0.714. The number of imidazole rings is 1. The summed E-state index contributed by atoms with van der Waals surface area (Å²) in [6.45, 7) is 2.27. The first-order valence-corrected chi connectivity index (χ1v) is 6.67. The van der Waals surface area contributed by atoms with E-state index in [0.717, 1.165) is 19.1 Å². The monoisotopic (exact) mass is 219 g/mol. The molecule has 0 spiro atoms. The molecule has 3 nitrogen and oxygen atoms in total. The lowest BCUT2D eigenvalue weighted by molar-refractivity contribution is 0.380. The molecule has 1 aromatic heterocycles. The van der Waals surface area contributed by atoms with E-state index in [4.69, 9.17) is 0 Å². The predicted octanol–water partition coefficient (Wildman–Crippen LogP) is 2.47. The van der Waals surface area contributed by atoms with E-state index in [2.05, 4.69) is 27.4 Å². The van der Waals surface area contributed by atoms with Crippen LogP contribution in [0.2, 0.25) is 0 Å². The number of nitrogens with zero attached hydrogens (tertiary/aromatic N) is 2. The third-order valence-electron chi connectivity index (χ3n) is 4.11. The first kappa shape index (κ1) is 10.3. The molecule has 2 fully saturated rings. The lowest BCUT2D eigenvalue weighted by Gasteiger charge is -2.30. The van der Waals surface area contributed by atoms with Gasteiger partial charge in [-0.3, -0.25) is 0 Å². The Morgan fingerprint density at radius 3 is 2.50 bits per heavy atom. The number of rotatable bonds is 2. The molecule has 1 aliphatic heterocycles. The van der Waals surface area contributed by atoms with Crippen LogP contribution in [0.1, 0.15) is 56.2 Å². The molecule has 3 heteroatoms. The Morgan fingerprint density at radius 1 is 1.12 bits per heavy atom. The Morgan fingerprint density at radius 2 is 1.88 bits per heavy atom. The van der Waals surface area contributed by atoms with E-state index in [9.17, 15) is 0 Å². The lowest BCUT2D eigenvalue weighted by atomic mass is 9.98. The molecule has 0 aromatic carbocycles. The SMILES string of the molecule is c1ncn(C2CCCCCC2)c1C1CNC1. The van der Waals surface area contributed by atoms with Gasteiger partial charge in [-0.2, -0.15) is 0 Å². The van der Waals surface area contributed by atoms with Crippen molar-refractivity contribution >= 4 is 0 Å². The van der Waals surface area contributed by atoms with Crippen LogP contribution in [0.5, 0.6) is 0 Å². The van der Waals surface area contributed by atoms with Gasteiger partial charge in [0.1, 0.15) is 0 Å². The van der Waals surface area contributed by atoms with Crippen molar-refractivity contribution in [2.75, 3.05) is 13.1 Å². The minimum absolute atomic E-state index is 0.714. The van der Waals surface area contributed by atoms with E-state index in [0.29, 0.717) is 5.92 Å². The fraction of sp³-hybridized carbons (Fsp3) is 0.769. The number of aromatic nitrogens is 2. The van der Waals surface area contributed by atoms with Crippen molar-refractivity contribution in [1.29, 1.82) is 0 Å². The number of hydrogen-bond acceptors (Lipinski definition) is 2. The zero-order chi connectivity index (χ0) is 10.8. The molecule has 2 heterocycles. The quantitative estimate of drug-likeness (QED) is 0.774. The fourth-order valence-electron chi connectivity index (χ4n) is 2.97. The summed E-state index contributed by atoms with van der Waals surface area (Å²) in [7, 11) is 0. The van der Waals surface area contributed by atoms with Crippen LogP contribution in [0, 0.1) is 0 Å². The van der Waals surface area contributed by atoms with Crippen molar-refractivity contribution in [1.82, 2.24) is 14.9 Å². The van der Waals surface area contributed by atoms with Crippen LogP contribution in [-0.4, -0.2) is 22.6 Å². The predicted molar refractivity (Wildman–Crippen MR) is 64.6 cm³/mol. The standard InChI is InChI=1S/C13H21N3/c1-2-4-6-12(5-3-1)16-10-15-9-13(16)11-7-14-8-11/h9-12,14H,1-8H2. The molecular formula is C13H21N3. The van der Waals surface area contributed by atoms with Crippen molar-refractivity contribution in [3.63, 3.8) is 0 Å². The topological polar surface area (TPSA) is 29.9 Å². The van der Waals surface area contributed by atoms with Crippen LogP contribution in [0.25, 0.3) is 0 Å².